The van der Waals surface area contributed by atoms with Crippen molar-refractivity contribution in [3.05, 3.63) is 35.8 Å². The first-order chi connectivity index (χ1) is 13.5. The number of fused-ring (bicyclic) bond motifs is 1. The standard InChI is InChI=1S/C21H30FN5O.HI/c1-27(2)20(28)14-25-21(26-17-6-4-3-5-7-17)23-11-10-15-13-24-19-12-16(22)8-9-18(15)19;/h8-9,12-13,17,24H,3-7,10-11,14H2,1-2H3,(H2,23,25,26);1H. The van der Waals surface area contributed by atoms with E-state index < -0.39 is 0 Å². The van der Waals surface area contributed by atoms with Gasteiger partial charge in [-0.25, -0.2) is 9.38 Å². The van der Waals surface area contributed by atoms with Gasteiger partial charge in [0.2, 0.25) is 5.91 Å². The Morgan fingerprint density at radius 1 is 1.28 bits per heavy atom. The number of rotatable bonds is 6. The van der Waals surface area contributed by atoms with Gasteiger partial charge in [0.05, 0.1) is 0 Å². The molecule has 6 nitrogen and oxygen atoms in total. The average Bonchev–Trinajstić information content (AvgIpc) is 3.08. The summed E-state index contributed by atoms with van der Waals surface area (Å²) in [6, 6.07) is 5.21. The van der Waals surface area contributed by atoms with Crippen molar-refractivity contribution in [3.8, 4) is 0 Å². The fourth-order valence-electron chi connectivity index (χ4n) is 3.56. The van der Waals surface area contributed by atoms with Crippen molar-refractivity contribution in [1.82, 2.24) is 20.5 Å². The Bertz CT molecular complexity index is 830. The van der Waals surface area contributed by atoms with Crippen molar-refractivity contribution < 1.29 is 9.18 Å². The molecular formula is C21H31FIN5O. The molecular weight excluding hydrogens is 484 g/mol. The molecule has 1 heterocycles. The van der Waals surface area contributed by atoms with Crippen LogP contribution in [0, 0.1) is 5.82 Å². The molecule has 1 aromatic carbocycles. The molecule has 1 amide bonds. The van der Waals surface area contributed by atoms with Gasteiger partial charge in [0, 0.05) is 43.8 Å². The molecule has 1 fully saturated rings. The molecule has 3 rings (SSSR count). The molecule has 1 aliphatic carbocycles. The Kier molecular flexibility index (Phi) is 9.19. The number of nitrogens with one attached hydrogen (secondary N) is 3. The fraction of sp³-hybridized carbons (Fsp3) is 0.524. The van der Waals surface area contributed by atoms with E-state index >= 15 is 0 Å². The lowest BCUT2D eigenvalue weighted by Gasteiger charge is -2.25. The van der Waals surface area contributed by atoms with Crippen molar-refractivity contribution in [1.29, 1.82) is 0 Å². The summed E-state index contributed by atoms with van der Waals surface area (Å²) in [5, 5.41) is 7.87. The number of aromatic nitrogens is 1. The van der Waals surface area contributed by atoms with Crippen LogP contribution in [0.15, 0.2) is 29.4 Å². The van der Waals surface area contributed by atoms with Crippen LogP contribution < -0.4 is 10.6 Å². The number of amides is 1. The number of carbonyl (C=O) groups is 1. The third-order valence-electron chi connectivity index (χ3n) is 5.23. The Labute approximate surface area is 188 Å². The van der Waals surface area contributed by atoms with Crippen molar-refractivity contribution in [2.45, 2.75) is 44.6 Å². The van der Waals surface area contributed by atoms with Crippen LogP contribution in [-0.2, 0) is 11.2 Å². The third kappa shape index (κ3) is 6.87. The molecule has 1 aliphatic rings. The highest BCUT2D eigenvalue weighted by Crippen LogP contribution is 2.19. The first-order valence-corrected chi connectivity index (χ1v) is 10.0. The van der Waals surface area contributed by atoms with E-state index in [9.17, 15) is 9.18 Å². The van der Waals surface area contributed by atoms with Gasteiger partial charge in [-0.15, -0.1) is 24.0 Å². The van der Waals surface area contributed by atoms with Crippen molar-refractivity contribution in [2.24, 2.45) is 4.99 Å². The summed E-state index contributed by atoms with van der Waals surface area (Å²) < 4.78 is 13.3. The van der Waals surface area contributed by atoms with Gasteiger partial charge >= 0.3 is 0 Å². The van der Waals surface area contributed by atoms with Crippen molar-refractivity contribution in [2.75, 3.05) is 27.2 Å². The van der Waals surface area contributed by atoms with Crippen LogP contribution in [0.5, 0.6) is 0 Å². The second kappa shape index (κ2) is 11.4. The molecule has 0 unspecified atom stereocenters. The van der Waals surface area contributed by atoms with E-state index in [1.165, 1.54) is 31.4 Å². The highest BCUT2D eigenvalue weighted by molar-refractivity contribution is 14.0. The summed E-state index contributed by atoms with van der Waals surface area (Å²) in [6.07, 6.45) is 8.72. The second-order valence-corrected chi connectivity index (χ2v) is 7.61. The van der Waals surface area contributed by atoms with Gasteiger partial charge in [-0.3, -0.25) is 4.79 Å². The fourth-order valence-corrected chi connectivity index (χ4v) is 3.56. The van der Waals surface area contributed by atoms with E-state index in [0.29, 0.717) is 18.5 Å². The van der Waals surface area contributed by atoms with Gasteiger partial charge in [-0.1, -0.05) is 19.3 Å². The van der Waals surface area contributed by atoms with Gasteiger partial charge in [0.1, 0.15) is 12.4 Å². The Hall–Kier alpha value is -1.84. The molecule has 1 saturated carbocycles. The first kappa shape index (κ1) is 23.4. The van der Waals surface area contributed by atoms with Crippen LogP contribution in [0.3, 0.4) is 0 Å². The number of aliphatic imine (C=N–C) groups is 1. The predicted molar refractivity (Wildman–Crippen MR) is 126 cm³/mol. The lowest BCUT2D eigenvalue weighted by Crippen LogP contribution is -2.45. The third-order valence-corrected chi connectivity index (χ3v) is 5.23. The van der Waals surface area contributed by atoms with E-state index in [1.807, 2.05) is 12.3 Å². The Morgan fingerprint density at radius 3 is 2.76 bits per heavy atom. The predicted octanol–water partition coefficient (Wildman–Crippen LogP) is 3.42. The van der Waals surface area contributed by atoms with Gasteiger partial charge in [-0.2, -0.15) is 0 Å². The van der Waals surface area contributed by atoms with Crippen LogP contribution in [0.4, 0.5) is 4.39 Å². The topological polar surface area (TPSA) is 72.5 Å². The molecule has 0 bridgehead atoms. The number of halogens is 2. The van der Waals surface area contributed by atoms with Crippen LogP contribution in [0.1, 0.15) is 37.7 Å². The quantitative estimate of drug-likeness (QED) is 0.314. The molecule has 2 aromatic rings. The SMILES string of the molecule is CN(C)C(=O)CN=C(NCCc1c[nH]c2cc(F)ccc12)NC1CCCCC1.I. The van der Waals surface area contributed by atoms with E-state index in [1.54, 1.807) is 19.0 Å². The number of likely N-dealkylation sites (N-methyl/N-ethyl adjacent to an activating group) is 1. The maximum atomic E-state index is 13.3. The zero-order valence-electron chi connectivity index (χ0n) is 17.1. The zero-order valence-corrected chi connectivity index (χ0v) is 19.5. The van der Waals surface area contributed by atoms with Crippen LogP contribution in [0.2, 0.25) is 0 Å². The molecule has 0 radical (unpaired) electrons. The van der Waals surface area contributed by atoms with Gasteiger partial charge < -0.3 is 20.5 Å². The summed E-state index contributed by atoms with van der Waals surface area (Å²) >= 11 is 0. The van der Waals surface area contributed by atoms with Crippen LogP contribution >= 0.6 is 24.0 Å². The molecule has 0 saturated heterocycles. The number of guanidine groups is 1. The number of aromatic amines is 1. The van der Waals surface area contributed by atoms with Crippen molar-refractivity contribution in [3.63, 3.8) is 0 Å². The van der Waals surface area contributed by atoms with E-state index in [4.69, 9.17) is 0 Å². The number of hydrogen-bond donors (Lipinski definition) is 3. The minimum absolute atomic E-state index is 0. The maximum Gasteiger partial charge on any atom is 0.243 e. The number of H-pyrrole nitrogens is 1. The van der Waals surface area contributed by atoms with E-state index in [0.717, 1.165) is 35.7 Å². The molecule has 0 spiro atoms. The molecule has 0 atom stereocenters. The summed E-state index contributed by atoms with van der Waals surface area (Å²) in [7, 11) is 3.47. The zero-order chi connectivity index (χ0) is 19.9. The average molecular weight is 515 g/mol. The second-order valence-electron chi connectivity index (χ2n) is 7.61. The highest BCUT2D eigenvalue weighted by Gasteiger charge is 2.15. The number of benzene rings is 1. The first-order valence-electron chi connectivity index (χ1n) is 10.0. The summed E-state index contributed by atoms with van der Waals surface area (Å²) in [4.78, 5) is 21.1. The number of hydrogen-bond acceptors (Lipinski definition) is 2. The van der Waals surface area contributed by atoms with Crippen molar-refractivity contribution >= 4 is 46.7 Å². The lowest BCUT2D eigenvalue weighted by molar-refractivity contribution is -0.127. The normalized spacial score (nSPS) is 15.1. The van der Waals surface area contributed by atoms with E-state index in [-0.39, 0.29) is 42.2 Å². The summed E-state index contributed by atoms with van der Waals surface area (Å²) in [6.45, 7) is 0.806. The Balaban J connectivity index is 0.00000300. The molecule has 8 heteroatoms. The largest absolute Gasteiger partial charge is 0.361 e. The highest BCUT2D eigenvalue weighted by atomic mass is 127. The monoisotopic (exact) mass is 515 g/mol. The van der Waals surface area contributed by atoms with Crippen LogP contribution in [0.25, 0.3) is 10.9 Å². The summed E-state index contributed by atoms with van der Waals surface area (Å²) in [5.41, 5.74) is 1.93. The Morgan fingerprint density at radius 2 is 2.03 bits per heavy atom. The number of nitrogens with zero attached hydrogens (tertiary/aromatic N) is 2. The number of carbonyl (C=O) groups excluding carboxylic acids is 1. The summed E-state index contributed by atoms with van der Waals surface area (Å²) in [5.74, 6) is 0.423. The minimum atomic E-state index is -0.240. The van der Waals surface area contributed by atoms with E-state index in [2.05, 4.69) is 20.6 Å². The molecule has 160 valence electrons. The molecule has 29 heavy (non-hydrogen) atoms. The smallest absolute Gasteiger partial charge is 0.243 e. The van der Waals surface area contributed by atoms with Gasteiger partial charge in [0.25, 0.3) is 0 Å². The molecule has 3 N–H and O–H groups in total. The lowest BCUT2D eigenvalue weighted by atomic mass is 9.96. The van der Waals surface area contributed by atoms with Crippen LogP contribution in [-0.4, -0.2) is 55.0 Å². The van der Waals surface area contributed by atoms with Gasteiger partial charge in [0.15, 0.2) is 5.96 Å². The van der Waals surface area contributed by atoms with Gasteiger partial charge in [-0.05, 0) is 43.0 Å². The minimum Gasteiger partial charge on any atom is -0.361 e. The maximum absolute atomic E-state index is 13.3. The molecule has 1 aromatic heterocycles. The molecule has 0 aliphatic heterocycles.